The van der Waals surface area contributed by atoms with Crippen molar-refractivity contribution < 1.29 is 14.3 Å². The Labute approximate surface area is 166 Å². The van der Waals surface area contributed by atoms with E-state index in [0.29, 0.717) is 39.3 Å². The van der Waals surface area contributed by atoms with Gasteiger partial charge in [-0.15, -0.1) is 11.3 Å². The summed E-state index contributed by atoms with van der Waals surface area (Å²) in [6.45, 7) is 2.89. The number of benzene rings is 1. The molecule has 28 heavy (non-hydrogen) atoms. The molecule has 8 heteroatoms. The highest BCUT2D eigenvalue weighted by Gasteiger charge is 2.22. The Balaban J connectivity index is 1.41. The van der Waals surface area contributed by atoms with Crippen LogP contribution in [-0.2, 0) is 17.8 Å². The number of urea groups is 1. The van der Waals surface area contributed by atoms with Gasteiger partial charge >= 0.3 is 12.1 Å². The highest BCUT2D eigenvalue weighted by Crippen LogP contribution is 2.18. The number of aromatic amines is 1. The predicted octanol–water partition coefficient (Wildman–Crippen LogP) is 3.39. The van der Waals surface area contributed by atoms with E-state index >= 15 is 0 Å². The van der Waals surface area contributed by atoms with Crippen LogP contribution in [0.2, 0.25) is 0 Å². The van der Waals surface area contributed by atoms with E-state index in [1.807, 2.05) is 41.9 Å². The highest BCUT2D eigenvalue weighted by atomic mass is 32.1. The first kappa shape index (κ1) is 18.4. The second-order valence-electron chi connectivity index (χ2n) is 6.67. The molecule has 2 N–H and O–H groups in total. The maximum absolute atomic E-state index is 12.8. The quantitative estimate of drug-likeness (QED) is 0.640. The van der Waals surface area contributed by atoms with Crippen LogP contribution in [-0.4, -0.2) is 53.1 Å². The van der Waals surface area contributed by atoms with Crippen LogP contribution in [0, 0.1) is 0 Å². The van der Waals surface area contributed by atoms with Crippen LogP contribution in [0.25, 0.3) is 10.9 Å². The van der Waals surface area contributed by atoms with Crippen LogP contribution in [0.4, 0.5) is 9.59 Å². The summed E-state index contributed by atoms with van der Waals surface area (Å²) in [5, 5.41) is 6.07. The molecule has 3 aromatic rings. The normalized spacial score (nSPS) is 13.7. The zero-order valence-corrected chi connectivity index (χ0v) is 16.2. The number of amides is 3. The molecule has 1 fully saturated rings. The van der Waals surface area contributed by atoms with Crippen LogP contribution in [0.1, 0.15) is 10.4 Å². The predicted molar refractivity (Wildman–Crippen MR) is 108 cm³/mol. The van der Waals surface area contributed by atoms with Crippen molar-refractivity contribution in [1.82, 2.24) is 20.1 Å². The topological polar surface area (TPSA) is 77.7 Å². The lowest BCUT2D eigenvalue weighted by Crippen LogP contribution is -2.42. The van der Waals surface area contributed by atoms with Crippen LogP contribution in [0.3, 0.4) is 0 Å². The van der Waals surface area contributed by atoms with E-state index in [1.165, 1.54) is 0 Å². The van der Waals surface area contributed by atoms with Gasteiger partial charge in [0, 0.05) is 36.2 Å². The third-order valence-corrected chi connectivity index (χ3v) is 5.57. The van der Waals surface area contributed by atoms with E-state index in [2.05, 4.69) is 16.4 Å². The summed E-state index contributed by atoms with van der Waals surface area (Å²) in [5.41, 5.74) is 2.15. The number of rotatable bonds is 7. The van der Waals surface area contributed by atoms with Crippen molar-refractivity contribution in [3.63, 3.8) is 0 Å². The van der Waals surface area contributed by atoms with E-state index in [9.17, 15) is 9.59 Å². The zero-order chi connectivity index (χ0) is 19.3. The van der Waals surface area contributed by atoms with Crippen molar-refractivity contribution in [2.45, 2.75) is 13.1 Å². The molecule has 0 radical (unpaired) electrons. The molecule has 146 valence electrons. The molecule has 0 aliphatic carbocycles. The monoisotopic (exact) mass is 398 g/mol. The average Bonchev–Trinajstić information content (AvgIpc) is 3.43. The van der Waals surface area contributed by atoms with E-state index in [0.717, 1.165) is 21.3 Å². The Morgan fingerprint density at radius 1 is 1.29 bits per heavy atom. The molecule has 1 aromatic carbocycles. The molecule has 0 saturated carbocycles. The minimum Gasteiger partial charge on any atom is -0.448 e. The van der Waals surface area contributed by atoms with Gasteiger partial charge < -0.3 is 24.8 Å². The number of carbonyl (C=O) groups excluding carboxylic acids is 2. The van der Waals surface area contributed by atoms with Crippen molar-refractivity contribution in [3.8, 4) is 0 Å². The van der Waals surface area contributed by atoms with Gasteiger partial charge in [-0.05, 0) is 40.6 Å². The van der Waals surface area contributed by atoms with Gasteiger partial charge in [-0.1, -0.05) is 12.1 Å². The minimum absolute atomic E-state index is 0.143. The smallest absolute Gasteiger partial charge is 0.409 e. The van der Waals surface area contributed by atoms with Crippen LogP contribution >= 0.6 is 11.3 Å². The van der Waals surface area contributed by atoms with Gasteiger partial charge in [0.05, 0.1) is 13.1 Å². The first-order valence-corrected chi connectivity index (χ1v) is 10.1. The summed E-state index contributed by atoms with van der Waals surface area (Å²) in [6, 6.07) is 12.1. The van der Waals surface area contributed by atoms with Crippen molar-refractivity contribution in [3.05, 3.63) is 58.4 Å². The summed E-state index contributed by atoms with van der Waals surface area (Å²) in [6.07, 6.45) is 1.60. The molecule has 4 rings (SSSR count). The molecular weight excluding hydrogens is 376 g/mol. The molecule has 0 unspecified atom stereocenters. The van der Waals surface area contributed by atoms with E-state index in [-0.39, 0.29) is 12.1 Å². The lowest BCUT2D eigenvalue weighted by atomic mass is 10.1. The Bertz CT molecular complexity index is 953. The molecule has 2 aromatic heterocycles. The van der Waals surface area contributed by atoms with Crippen LogP contribution in [0.15, 0.2) is 48.0 Å². The van der Waals surface area contributed by atoms with Gasteiger partial charge in [-0.25, -0.2) is 9.59 Å². The number of hydrogen-bond donors (Lipinski definition) is 2. The molecule has 3 heterocycles. The Morgan fingerprint density at radius 2 is 2.21 bits per heavy atom. The van der Waals surface area contributed by atoms with Gasteiger partial charge in [0.2, 0.25) is 0 Å². The lowest BCUT2D eigenvalue weighted by molar-refractivity contribution is 0.157. The Hall–Kier alpha value is -3.00. The largest absolute Gasteiger partial charge is 0.448 e. The third kappa shape index (κ3) is 4.28. The minimum atomic E-state index is -0.315. The van der Waals surface area contributed by atoms with Crippen molar-refractivity contribution in [2.24, 2.45) is 0 Å². The van der Waals surface area contributed by atoms with Crippen molar-refractivity contribution in [1.29, 1.82) is 0 Å². The highest BCUT2D eigenvalue weighted by molar-refractivity contribution is 7.09. The Morgan fingerprint density at radius 3 is 3.00 bits per heavy atom. The molecule has 7 nitrogen and oxygen atoms in total. The summed E-state index contributed by atoms with van der Waals surface area (Å²) >= 11 is 1.63. The number of nitrogens with one attached hydrogen (secondary N) is 2. The maximum Gasteiger partial charge on any atom is 0.409 e. The van der Waals surface area contributed by atoms with E-state index in [1.54, 1.807) is 21.1 Å². The van der Waals surface area contributed by atoms with Gasteiger partial charge in [-0.2, -0.15) is 0 Å². The number of hydrogen-bond acceptors (Lipinski definition) is 4. The molecular formula is C20H22N4O3S. The van der Waals surface area contributed by atoms with Crippen LogP contribution in [0.5, 0.6) is 0 Å². The van der Waals surface area contributed by atoms with Crippen LogP contribution < -0.4 is 5.32 Å². The summed E-state index contributed by atoms with van der Waals surface area (Å²) < 4.78 is 4.91. The number of aromatic nitrogens is 1. The first-order chi connectivity index (χ1) is 13.7. The number of nitrogens with zero attached hydrogens (tertiary/aromatic N) is 2. The Kier molecular flexibility index (Phi) is 5.48. The summed E-state index contributed by atoms with van der Waals surface area (Å²) in [4.78, 5) is 32.0. The van der Waals surface area contributed by atoms with Gasteiger partial charge in [0.1, 0.15) is 6.61 Å². The second-order valence-corrected chi connectivity index (χ2v) is 7.70. The number of H-pyrrole nitrogens is 1. The average molecular weight is 398 g/mol. The summed E-state index contributed by atoms with van der Waals surface area (Å²) in [7, 11) is 0. The molecule has 1 saturated heterocycles. The first-order valence-electron chi connectivity index (χ1n) is 9.22. The molecule has 1 aliphatic heterocycles. The van der Waals surface area contributed by atoms with E-state index < -0.39 is 0 Å². The zero-order valence-electron chi connectivity index (χ0n) is 15.4. The SMILES string of the molecule is O=C(NCCN1CCOC1=O)N(Cc1ccc2[nH]ccc2c1)Cc1cccs1. The molecule has 3 amide bonds. The molecule has 0 atom stereocenters. The fourth-order valence-electron chi connectivity index (χ4n) is 3.25. The molecule has 1 aliphatic rings. The van der Waals surface area contributed by atoms with Crippen molar-refractivity contribution >= 4 is 34.4 Å². The fraction of sp³-hybridized carbons (Fsp3) is 0.300. The number of carbonyl (C=O) groups is 2. The van der Waals surface area contributed by atoms with Gasteiger partial charge in [0.15, 0.2) is 0 Å². The molecule has 0 spiro atoms. The molecule has 0 bridgehead atoms. The second kappa shape index (κ2) is 8.35. The third-order valence-electron chi connectivity index (χ3n) is 4.71. The summed E-state index contributed by atoms with van der Waals surface area (Å²) in [5.74, 6) is 0. The number of cyclic esters (lactones) is 1. The van der Waals surface area contributed by atoms with E-state index in [4.69, 9.17) is 4.74 Å². The van der Waals surface area contributed by atoms with Crippen molar-refractivity contribution in [2.75, 3.05) is 26.2 Å². The number of fused-ring (bicyclic) bond motifs is 1. The maximum atomic E-state index is 12.8. The standard InChI is InChI=1S/C20H22N4O3S/c25-19(22-7-8-23-9-10-27-20(23)26)24(14-17-2-1-11-28-17)13-15-3-4-18-16(12-15)5-6-21-18/h1-6,11-12,21H,7-10,13-14H2,(H,22,25). The number of ether oxygens (including phenoxy) is 1. The van der Waals surface area contributed by atoms with Gasteiger partial charge in [0.25, 0.3) is 0 Å². The lowest BCUT2D eigenvalue weighted by Gasteiger charge is -2.23. The van der Waals surface area contributed by atoms with Gasteiger partial charge in [-0.3, -0.25) is 0 Å². The fourth-order valence-corrected chi connectivity index (χ4v) is 3.97. The number of thiophene rings is 1.